The summed E-state index contributed by atoms with van der Waals surface area (Å²) in [4.78, 5) is 0. The minimum absolute atomic E-state index is 0.250. The van der Waals surface area contributed by atoms with E-state index in [-0.39, 0.29) is 5.41 Å². The van der Waals surface area contributed by atoms with E-state index >= 15 is 0 Å². The second kappa shape index (κ2) is 5.66. The van der Waals surface area contributed by atoms with Crippen molar-refractivity contribution in [3.63, 3.8) is 0 Å². The molecule has 0 aromatic heterocycles. The molecule has 0 bridgehead atoms. The van der Waals surface area contributed by atoms with Crippen LogP contribution in [0.25, 0.3) is 0 Å². The van der Waals surface area contributed by atoms with E-state index in [1.807, 2.05) is 12.1 Å². The van der Waals surface area contributed by atoms with Crippen LogP contribution in [0.1, 0.15) is 43.9 Å². The second-order valence-electron chi connectivity index (χ2n) is 6.31. The van der Waals surface area contributed by atoms with Crippen LogP contribution in [-0.2, 0) is 5.41 Å². The van der Waals surface area contributed by atoms with Gasteiger partial charge in [-0.1, -0.05) is 55.8 Å². The van der Waals surface area contributed by atoms with Gasteiger partial charge in [-0.15, -0.1) is 0 Å². The number of hydrogen-bond acceptors (Lipinski definition) is 1. The Balaban J connectivity index is 1.96. The zero-order valence-electron chi connectivity index (χ0n) is 12.3. The topological polar surface area (TPSA) is 12.0 Å². The monoisotopic (exact) mass is 363 g/mol. The molecule has 110 valence electrons. The highest BCUT2D eigenvalue weighted by Crippen LogP contribution is 2.43. The van der Waals surface area contributed by atoms with E-state index in [1.165, 1.54) is 17.5 Å². The van der Waals surface area contributed by atoms with Crippen LogP contribution in [0.15, 0.2) is 46.9 Å². The van der Waals surface area contributed by atoms with Gasteiger partial charge >= 0.3 is 0 Å². The van der Waals surface area contributed by atoms with Gasteiger partial charge in [0.15, 0.2) is 0 Å². The van der Waals surface area contributed by atoms with Crippen molar-refractivity contribution in [2.75, 3.05) is 5.32 Å². The summed E-state index contributed by atoms with van der Waals surface area (Å²) in [5, 5.41) is 4.39. The SMILES string of the molecule is CC1(C)CCC(Nc2cccc(Cl)c2Br)c2ccccc21. The lowest BCUT2D eigenvalue weighted by molar-refractivity contribution is 0.406. The van der Waals surface area contributed by atoms with Gasteiger partial charge in [-0.3, -0.25) is 0 Å². The predicted molar refractivity (Wildman–Crippen MR) is 94.2 cm³/mol. The first-order chi connectivity index (χ1) is 9.99. The van der Waals surface area contributed by atoms with Gasteiger partial charge in [0.05, 0.1) is 21.2 Å². The van der Waals surface area contributed by atoms with Crippen LogP contribution in [0.4, 0.5) is 5.69 Å². The first-order valence-electron chi connectivity index (χ1n) is 7.29. The average Bonchev–Trinajstić information content (AvgIpc) is 2.47. The molecule has 1 aliphatic carbocycles. The fourth-order valence-electron chi connectivity index (χ4n) is 3.17. The number of halogens is 2. The standard InChI is InChI=1S/C18H19BrClN/c1-18(2)11-10-15(12-6-3-4-7-13(12)18)21-16-9-5-8-14(20)17(16)19/h3-9,15,21H,10-11H2,1-2H3. The van der Waals surface area contributed by atoms with Gasteiger partial charge in [0.1, 0.15) is 0 Å². The molecular weight excluding hydrogens is 346 g/mol. The molecule has 3 rings (SSSR count). The zero-order chi connectivity index (χ0) is 15.0. The Morgan fingerprint density at radius 1 is 1.14 bits per heavy atom. The van der Waals surface area contributed by atoms with Crippen molar-refractivity contribution < 1.29 is 0 Å². The van der Waals surface area contributed by atoms with Crippen LogP contribution in [0.5, 0.6) is 0 Å². The summed E-state index contributed by atoms with van der Waals surface area (Å²) < 4.78 is 0.939. The van der Waals surface area contributed by atoms with Crippen molar-refractivity contribution in [2.24, 2.45) is 0 Å². The first-order valence-corrected chi connectivity index (χ1v) is 8.46. The summed E-state index contributed by atoms with van der Waals surface area (Å²) in [6, 6.07) is 15.0. The summed E-state index contributed by atoms with van der Waals surface area (Å²) in [7, 11) is 0. The highest BCUT2D eigenvalue weighted by Gasteiger charge is 2.32. The third-order valence-electron chi connectivity index (χ3n) is 4.40. The Kier molecular flexibility index (Phi) is 4.02. The van der Waals surface area contributed by atoms with Crippen molar-refractivity contribution in [1.82, 2.24) is 0 Å². The Hall–Kier alpha value is -0.990. The molecular formula is C18H19BrClN. The van der Waals surface area contributed by atoms with E-state index in [4.69, 9.17) is 11.6 Å². The van der Waals surface area contributed by atoms with Crippen LogP contribution >= 0.6 is 27.5 Å². The molecule has 1 unspecified atom stereocenters. The summed E-state index contributed by atoms with van der Waals surface area (Å²) in [5.74, 6) is 0. The quantitative estimate of drug-likeness (QED) is 0.656. The number of nitrogens with one attached hydrogen (secondary N) is 1. The lowest BCUT2D eigenvalue weighted by atomic mass is 9.71. The van der Waals surface area contributed by atoms with Gasteiger partial charge in [0, 0.05) is 0 Å². The van der Waals surface area contributed by atoms with Gasteiger partial charge in [0.25, 0.3) is 0 Å². The molecule has 21 heavy (non-hydrogen) atoms. The molecule has 0 saturated carbocycles. The Labute approximate surface area is 139 Å². The van der Waals surface area contributed by atoms with E-state index in [9.17, 15) is 0 Å². The Morgan fingerprint density at radius 3 is 2.71 bits per heavy atom. The molecule has 0 heterocycles. The summed E-state index contributed by atoms with van der Waals surface area (Å²) in [6.07, 6.45) is 2.31. The van der Waals surface area contributed by atoms with E-state index in [2.05, 4.69) is 65.4 Å². The largest absolute Gasteiger partial charge is 0.377 e. The summed E-state index contributed by atoms with van der Waals surface area (Å²) in [6.45, 7) is 4.66. The molecule has 0 spiro atoms. The van der Waals surface area contributed by atoms with Gasteiger partial charge in [-0.05, 0) is 57.4 Å². The van der Waals surface area contributed by atoms with Crippen LogP contribution in [0.3, 0.4) is 0 Å². The van der Waals surface area contributed by atoms with Crippen molar-refractivity contribution in [1.29, 1.82) is 0 Å². The first kappa shape index (κ1) is 14.9. The lowest BCUT2D eigenvalue weighted by Crippen LogP contribution is -2.29. The van der Waals surface area contributed by atoms with Crippen LogP contribution in [0.2, 0.25) is 5.02 Å². The molecule has 1 nitrogen and oxygen atoms in total. The van der Waals surface area contributed by atoms with Crippen molar-refractivity contribution in [3.8, 4) is 0 Å². The summed E-state index contributed by atoms with van der Waals surface area (Å²) >= 11 is 9.77. The van der Waals surface area contributed by atoms with E-state index in [0.29, 0.717) is 6.04 Å². The highest BCUT2D eigenvalue weighted by atomic mass is 79.9. The molecule has 0 amide bonds. The second-order valence-corrected chi connectivity index (χ2v) is 7.51. The minimum Gasteiger partial charge on any atom is -0.377 e. The fraction of sp³-hybridized carbons (Fsp3) is 0.333. The third-order valence-corrected chi connectivity index (χ3v) is 5.80. The molecule has 0 aliphatic heterocycles. The van der Waals surface area contributed by atoms with Crippen LogP contribution in [-0.4, -0.2) is 0 Å². The number of fused-ring (bicyclic) bond motifs is 1. The van der Waals surface area contributed by atoms with Gasteiger partial charge < -0.3 is 5.32 Å². The van der Waals surface area contributed by atoms with E-state index in [1.54, 1.807) is 0 Å². The van der Waals surface area contributed by atoms with Crippen LogP contribution in [0, 0.1) is 0 Å². The predicted octanol–water partition coefficient (Wildman–Crippen LogP) is 6.33. The molecule has 1 atom stereocenters. The maximum Gasteiger partial charge on any atom is 0.0593 e. The lowest BCUT2D eigenvalue weighted by Gasteiger charge is -2.38. The molecule has 3 heteroatoms. The molecule has 0 radical (unpaired) electrons. The van der Waals surface area contributed by atoms with Gasteiger partial charge in [-0.25, -0.2) is 0 Å². The Bertz CT molecular complexity index is 666. The van der Waals surface area contributed by atoms with E-state index < -0.39 is 0 Å². The van der Waals surface area contributed by atoms with Crippen LogP contribution < -0.4 is 5.32 Å². The molecule has 1 N–H and O–H groups in total. The number of hydrogen-bond donors (Lipinski definition) is 1. The number of benzene rings is 2. The van der Waals surface area contributed by atoms with Gasteiger partial charge in [0.2, 0.25) is 0 Å². The molecule has 2 aromatic carbocycles. The Morgan fingerprint density at radius 2 is 1.90 bits per heavy atom. The summed E-state index contributed by atoms with van der Waals surface area (Å²) in [5.41, 5.74) is 4.16. The maximum absolute atomic E-state index is 6.19. The van der Waals surface area contributed by atoms with Crippen molar-refractivity contribution >= 4 is 33.2 Å². The third kappa shape index (κ3) is 2.84. The number of anilines is 1. The number of rotatable bonds is 2. The van der Waals surface area contributed by atoms with Crippen molar-refractivity contribution in [2.45, 2.75) is 38.1 Å². The average molecular weight is 365 g/mol. The normalized spacial score (nSPS) is 19.9. The maximum atomic E-state index is 6.19. The smallest absolute Gasteiger partial charge is 0.0593 e. The molecule has 1 aliphatic rings. The van der Waals surface area contributed by atoms with Crippen molar-refractivity contribution in [3.05, 3.63) is 63.1 Å². The minimum atomic E-state index is 0.250. The van der Waals surface area contributed by atoms with E-state index in [0.717, 1.165) is 21.6 Å². The zero-order valence-corrected chi connectivity index (χ0v) is 14.6. The fourth-order valence-corrected chi connectivity index (χ4v) is 3.72. The molecule has 0 fully saturated rings. The van der Waals surface area contributed by atoms with Gasteiger partial charge in [-0.2, -0.15) is 0 Å². The molecule has 0 saturated heterocycles. The molecule has 2 aromatic rings. The highest BCUT2D eigenvalue weighted by molar-refractivity contribution is 9.10.